The monoisotopic (exact) mass is 222 g/mol. The SMILES string of the molecule is CC(C)C(=O)NS(=O)(=O)NC(C)(C)C. The number of hydrogen-bond acceptors (Lipinski definition) is 3. The van der Waals surface area contributed by atoms with Gasteiger partial charge in [0.05, 0.1) is 0 Å². The van der Waals surface area contributed by atoms with Crippen LogP contribution in [-0.2, 0) is 15.0 Å². The Labute approximate surface area is 85.5 Å². The Bertz CT molecular complexity index is 301. The lowest BCUT2D eigenvalue weighted by Crippen LogP contribution is -2.49. The van der Waals surface area contributed by atoms with Crippen LogP contribution in [0.5, 0.6) is 0 Å². The molecule has 0 rings (SSSR count). The molecule has 2 N–H and O–H groups in total. The summed E-state index contributed by atoms with van der Waals surface area (Å²) in [6, 6.07) is 0. The molecule has 0 aromatic rings. The summed E-state index contributed by atoms with van der Waals surface area (Å²) in [5.41, 5.74) is -0.594. The highest BCUT2D eigenvalue weighted by Crippen LogP contribution is 2.01. The Morgan fingerprint density at radius 1 is 1.21 bits per heavy atom. The molecule has 0 aliphatic carbocycles. The molecule has 0 aromatic heterocycles. The van der Waals surface area contributed by atoms with E-state index < -0.39 is 21.7 Å². The fraction of sp³-hybridized carbons (Fsp3) is 0.875. The first-order valence-electron chi connectivity index (χ1n) is 4.39. The van der Waals surface area contributed by atoms with Gasteiger partial charge >= 0.3 is 10.2 Å². The molecule has 0 aliphatic heterocycles. The molecule has 0 saturated carbocycles. The van der Waals surface area contributed by atoms with Gasteiger partial charge in [-0.25, -0.2) is 4.72 Å². The maximum absolute atomic E-state index is 11.3. The quantitative estimate of drug-likeness (QED) is 0.725. The van der Waals surface area contributed by atoms with Crippen molar-refractivity contribution in [3.05, 3.63) is 0 Å². The first kappa shape index (κ1) is 13.4. The van der Waals surface area contributed by atoms with Gasteiger partial charge in [-0.2, -0.15) is 13.1 Å². The van der Waals surface area contributed by atoms with Crippen LogP contribution in [0.15, 0.2) is 0 Å². The summed E-state index contributed by atoms with van der Waals surface area (Å²) >= 11 is 0. The third kappa shape index (κ3) is 5.93. The van der Waals surface area contributed by atoms with Crippen molar-refractivity contribution in [1.82, 2.24) is 9.44 Å². The Morgan fingerprint density at radius 3 is 1.93 bits per heavy atom. The summed E-state index contributed by atoms with van der Waals surface area (Å²) in [6.07, 6.45) is 0. The maximum atomic E-state index is 11.3. The second-order valence-electron chi connectivity index (χ2n) is 4.48. The molecule has 0 aliphatic rings. The molecular formula is C8H18N2O3S. The minimum Gasteiger partial charge on any atom is -0.274 e. The van der Waals surface area contributed by atoms with Crippen LogP contribution in [0.3, 0.4) is 0 Å². The van der Waals surface area contributed by atoms with Crippen LogP contribution in [0.25, 0.3) is 0 Å². The largest absolute Gasteiger partial charge is 0.301 e. The predicted octanol–water partition coefficient (Wildman–Crippen LogP) is 0.391. The molecule has 0 spiro atoms. The van der Waals surface area contributed by atoms with E-state index in [0.717, 1.165) is 0 Å². The summed E-state index contributed by atoms with van der Waals surface area (Å²) in [5, 5.41) is 0. The van der Waals surface area contributed by atoms with Gasteiger partial charge in [0.1, 0.15) is 0 Å². The van der Waals surface area contributed by atoms with Crippen molar-refractivity contribution < 1.29 is 13.2 Å². The Balaban J connectivity index is 4.45. The summed E-state index contributed by atoms with van der Waals surface area (Å²) in [5.74, 6) is -0.867. The summed E-state index contributed by atoms with van der Waals surface area (Å²) < 4.78 is 26.9. The molecule has 14 heavy (non-hydrogen) atoms. The molecule has 0 bridgehead atoms. The normalized spacial score (nSPS) is 13.0. The number of amides is 1. The highest BCUT2D eigenvalue weighted by atomic mass is 32.2. The van der Waals surface area contributed by atoms with Crippen LogP contribution in [0.2, 0.25) is 0 Å². The summed E-state index contributed by atoms with van der Waals surface area (Å²) in [6.45, 7) is 8.36. The molecule has 0 unspecified atom stereocenters. The zero-order valence-electron chi connectivity index (χ0n) is 9.21. The van der Waals surface area contributed by atoms with E-state index in [1.54, 1.807) is 34.6 Å². The van der Waals surface area contributed by atoms with Gasteiger partial charge in [-0.1, -0.05) is 13.8 Å². The lowest BCUT2D eigenvalue weighted by atomic mass is 10.1. The fourth-order valence-electron chi connectivity index (χ4n) is 0.679. The average Bonchev–Trinajstić information content (AvgIpc) is 1.78. The molecule has 0 heterocycles. The van der Waals surface area contributed by atoms with Gasteiger partial charge in [-0.15, -0.1) is 0 Å². The number of carbonyl (C=O) groups is 1. The average molecular weight is 222 g/mol. The molecule has 6 heteroatoms. The molecular weight excluding hydrogens is 204 g/mol. The molecule has 0 radical (unpaired) electrons. The van der Waals surface area contributed by atoms with E-state index in [1.807, 2.05) is 4.72 Å². The van der Waals surface area contributed by atoms with Crippen LogP contribution < -0.4 is 9.44 Å². The Hall–Kier alpha value is -0.620. The molecule has 0 atom stereocenters. The van der Waals surface area contributed by atoms with E-state index >= 15 is 0 Å². The van der Waals surface area contributed by atoms with Gasteiger partial charge in [0.2, 0.25) is 5.91 Å². The van der Waals surface area contributed by atoms with Gasteiger partial charge in [-0.05, 0) is 20.8 Å². The van der Waals surface area contributed by atoms with Gasteiger partial charge in [0.15, 0.2) is 0 Å². The maximum Gasteiger partial charge on any atom is 0.301 e. The van der Waals surface area contributed by atoms with Crippen molar-refractivity contribution >= 4 is 16.1 Å². The second-order valence-corrected chi connectivity index (χ2v) is 5.89. The lowest BCUT2D eigenvalue weighted by molar-refractivity contribution is -0.122. The smallest absolute Gasteiger partial charge is 0.274 e. The highest BCUT2D eigenvalue weighted by Gasteiger charge is 2.22. The van der Waals surface area contributed by atoms with E-state index in [4.69, 9.17) is 0 Å². The van der Waals surface area contributed by atoms with Crippen LogP contribution in [0, 0.1) is 5.92 Å². The van der Waals surface area contributed by atoms with Crippen molar-refractivity contribution in [1.29, 1.82) is 0 Å². The van der Waals surface area contributed by atoms with E-state index in [0.29, 0.717) is 0 Å². The first-order chi connectivity index (χ1) is 6.03. The molecule has 84 valence electrons. The number of carbonyl (C=O) groups excluding carboxylic acids is 1. The van der Waals surface area contributed by atoms with E-state index in [9.17, 15) is 13.2 Å². The third-order valence-electron chi connectivity index (χ3n) is 1.20. The minimum atomic E-state index is -3.73. The fourth-order valence-corrected chi connectivity index (χ4v) is 2.04. The molecule has 5 nitrogen and oxygen atoms in total. The number of nitrogens with one attached hydrogen (secondary N) is 2. The van der Waals surface area contributed by atoms with Gasteiger partial charge in [0.25, 0.3) is 0 Å². The topological polar surface area (TPSA) is 75.3 Å². The number of hydrogen-bond donors (Lipinski definition) is 2. The second kappa shape index (κ2) is 4.27. The zero-order valence-corrected chi connectivity index (χ0v) is 10.0. The zero-order chi connectivity index (χ0) is 11.6. The van der Waals surface area contributed by atoms with Crippen molar-refractivity contribution in [3.8, 4) is 0 Å². The van der Waals surface area contributed by atoms with E-state index in [-0.39, 0.29) is 5.92 Å². The van der Waals surface area contributed by atoms with Crippen molar-refractivity contribution in [2.24, 2.45) is 5.92 Å². The van der Waals surface area contributed by atoms with E-state index in [2.05, 4.69) is 4.72 Å². The number of rotatable bonds is 3. The van der Waals surface area contributed by atoms with E-state index in [1.165, 1.54) is 0 Å². The van der Waals surface area contributed by atoms with Crippen LogP contribution >= 0.6 is 0 Å². The summed E-state index contributed by atoms with van der Waals surface area (Å²) in [4.78, 5) is 11.1. The molecule has 0 saturated heterocycles. The standard InChI is InChI=1S/C8H18N2O3S/c1-6(2)7(11)9-14(12,13)10-8(3,4)5/h6,10H,1-5H3,(H,9,11). The molecule has 0 aromatic carbocycles. The highest BCUT2D eigenvalue weighted by molar-refractivity contribution is 7.88. The van der Waals surface area contributed by atoms with Crippen LogP contribution in [0.1, 0.15) is 34.6 Å². The van der Waals surface area contributed by atoms with Gasteiger partial charge < -0.3 is 0 Å². The van der Waals surface area contributed by atoms with Gasteiger partial charge in [0, 0.05) is 11.5 Å². The Kier molecular flexibility index (Phi) is 4.08. The summed E-state index contributed by atoms with van der Waals surface area (Å²) in [7, 11) is -3.73. The molecule has 1 amide bonds. The third-order valence-corrected chi connectivity index (χ3v) is 2.55. The van der Waals surface area contributed by atoms with Crippen molar-refractivity contribution in [2.45, 2.75) is 40.2 Å². The minimum absolute atomic E-state index is 0.355. The van der Waals surface area contributed by atoms with Crippen LogP contribution in [-0.4, -0.2) is 19.9 Å². The molecule has 0 fully saturated rings. The lowest BCUT2D eigenvalue weighted by Gasteiger charge is -2.20. The first-order valence-corrected chi connectivity index (χ1v) is 5.87. The predicted molar refractivity (Wildman–Crippen MR) is 54.8 cm³/mol. The Morgan fingerprint density at radius 2 is 1.64 bits per heavy atom. The van der Waals surface area contributed by atoms with Crippen molar-refractivity contribution in [2.75, 3.05) is 0 Å². The van der Waals surface area contributed by atoms with Crippen LogP contribution in [0.4, 0.5) is 0 Å². The van der Waals surface area contributed by atoms with Gasteiger partial charge in [-0.3, -0.25) is 4.79 Å². The van der Waals surface area contributed by atoms with Crippen molar-refractivity contribution in [3.63, 3.8) is 0 Å².